The highest BCUT2D eigenvalue weighted by molar-refractivity contribution is 5.91. The van der Waals surface area contributed by atoms with Crippen molar-refractivity contribution < 1.29 is 13.7 Å². The van der Waals surface area contributed by atoms with E-state index in [2.05, 4.69) is 5.16 Å². The van der Waals surface area contributed by atoms with Crippen molar-refractivity contribution in [3.05, 3.63) is 53.2 Å². The van der Waals surface area contributed by atoms with Crippen molar-refractivity contribution >= 4 is 5.78 Å². The molecule has 0 atom stereocenters. The Kier molecular flexibility index (Phi) is 2.81. The lowest BCUT2D eigenvalue weighted by atomic mass is 10.1. The number of hydrogen-bond donors (Lipinski definition) is 0. The first-order valence-electron chi connectivity index (χ1n) is 4.87. The summed E-state index contributed by atoms with van der Waals surface area (Å²) in [6, 6.07) is 7.97. The number of carbonyl (C=O) groups excluding carboxylic acids is 1. The predicted octanol–water partition coefficient (Wildman–Crippen LogP) is 2.61. The van der Waals surface area contributed by atoms with E-state index in [0.29, 0.717) is 17.7 Å². The summed E-state index contributed by atoms with van der Waals surface area (Å²) >= 11 is 0. The Hall–Kier alpha value is -1.97. The summed E-state index contributed by atoms with van der Waals surface area (Å²) in [6.07, 6.45) is 0.299. The van der Waals surface area contributed by atoms with Gasteiger partial charge >= 0.3 is 0 Å². The maximum Gasteiger partial charge on any atom is 0.181 e. The average molecular weight is 219 g/mol. The Balaban J connectivity index is 2.21. The molecule has 0 N–H and O–H groups in total. The fourth-order valence-corrected chi connectivity index (χ4v) is 1.39. The molecule has 1 heterocycles. The van der Waals surface area contributed by atoms with Crippen molar-refractivity contribution in [3.63, 3.8) is 0 Å². The van der Waals surface area contributed by atoms with Gasteiger partial charge in [-0.05, 0) is 11.6 Å². The molecule has 2 aromatic rings. The van der Waals surface area contributed by atoms with Gasteiger partial charge in [0.1, 0.15) is 17.3 Å². The number of rotatable bonds is 3. The fraction of sp³-hybridized carbons (Fsp3) is 0.167. The smallest absolute Gasteiger partial charge is 0.181 e. The molecule has 0 fully saturated rings. The van der Waals surface area contributed by atoms with Crippen LogP contribution in [0, 0.1) is 5.82 Å². The lowest BCUT2D eigenvalue weighted by molar-refractivity contribution is 0.100. The number of carbonyl (C=O) groups is 1. The van der Waals surface area contributed by atoms with Crippen LogP contribution < -0.4 is 0 Å². The summed E-state index contributed by atoms with van der Waals surface area (Å²) in [6.45, 7) is 1.41. The van der Waals surface area contributed by atoms with Crippen LogP contribution in [-0.4, -0.2) is 10.9 Å². The molecule has 0 radical (unpaired) electrons. The third kappa shape index (κ3) is 2.16. The van der Waals surface area contributed by atoms with E-state index in [1.807, 2.05) is 0 Å². The van der Waals surface area contributed by atoms with Crippen LogP contribution in [0.25, 0.3) is 0 Å². The van der Waals surface area contributed by atoms with Crippen LogP contribution in [0.4, 0.5) is 4.39 Å². The van der Waals surface area contributed by atoms with Crippen molar-refractivity contribution in [1.29, 1.82) is 0 Å². The summed E-state index contributed by atoms with van der Waals surface area (Å²) < 4.78 is 18.3. The molecule has 0 spiro atoms. The molecule has 1 aromatic carbocycles. The lowest BCUT2D eigenvalue weighted by Crippen LogP contribution is -1.91. The molecule has 1 aromatic heterocycles. The van der Waals surface area contributed by atoms with Gasteiger partial charge in [-0.1, -0.05) is 23.4 Å². The first kappa shape index (κ1) is 10.5. The minimum Gasteiger partial charge on any atom is -0.360 e. The summed E-state index contributed by atoms with van der Waals surface area (Å²) in [5.41, 5.74) is 0.792. The highest BCUT2D eigenvalue weighted by Crippen LogP contribution is 2.14. The van der Waals surface area contributed by atoms with E-state index in [1.54, 1.807) is 18.2 Å². The molecule has 16 heavy (non-hydrogen) atoms. The largest absolute Gasteiger partial charge is 0.360 e. The summed E-state index contributed by atoms with van der Waals surface area (Å²) in [5.74, 6) is 0.0297. The van der Waals surface area contributed by atoms with Gasteiger partial charge < -0.3 is 4.52 Å². The third-order valence-electron chi connectivity index (χ3n) is 2.24. The number of aromatic nitrogens is 1. The molecule has 0 aliphatic heterocycles. The monoisotopic (exact) mass is 219 g/mol. The van der Waals surface area contributed by atoms with E-state index in [1.165, 1.54) is 19.1 Å². The highest BCUT2D eigenvalue weighted by atomic mass is 19.1. The van der Waals surface area contributed by atoms with Gasteiger partial charge in [0.15, 0.2) is 5.78 Å². The second kappa shape index (κ2) is 4.26. The molecule has 0 saturated carbocycles. The molecule has 3 nitrogen and oxygen atoms in total. The van der Waals surface area contributed by atoms with E-state index in [-0.39, 0.29) is 17.3 Å². The zero-order valence-corrected chi connectivity index (χ0v) is 8.74. The number of Topliss-reactive ketones (excluding diaryl/α,β-unsaturated/α-hetero) is 1. The van der Waals surface area contributed by atoms with Gasteiger partial charge in [-0.15, -0.1) is 0 Å². The maximum absolute atomic E-state index is 13.3. The van der Waals surface area contributed by atoms with Crippen molar-refractivity contribution in [2.24, 2.45) is 0 Å². The van der Waals surface area contributed by atoms with Crippen LogP contribution in [0.2, 0.25) is 0 Å². The Morgan fingerprint density at radius 2 is 2.19 bits per heavy atom. The normalized spacial score (nSPS) is 10.4. The van der Waals surface area contributed by atoms with Gasteiger partial charge in [-0.3, -0.25) is 4.79 Å². The number of benzene rings is 1. The molecule has 2 rings (SSSR count). The van der Waals surface area contributed by atoms with E-state index >= 15 is 0 Å². The third-order valence-corrected chi connectivity index (χ3v) is 2.24. The van der Waals surface area contributed by atoms with Crippen LogP contribution in [0.3, 0.4) is 0 Å². The van der Waals surface area contributed by atoms with Crippen molar-refractivity contribution in [2.75, 3.05) is 0 Å². The zero-order chi connectivity index (χ0) is 11.5. The Bertz CT molecular complexity index is 519. The fourth-order valence-electron chi connectivity index (χ4n) is 1.39. The first-order chi connectivity index (χ1) is 7.66. The van der Waals surface area contributed by atoms with Crippen molar-refractivity contribution in [2.45, 2.75) is 13.3 Å². The summed E-state index contributed by atoms with van der Waals surface area (Å²) in [7, 11) is 0. The zero-order valence-electron chi connectivity index (χ0n) is 8.74. The molecular formula is C12H10FNO2. The van der Waals surface area contributed by atoms with Crippen LogP contribution >= 0.6 is 0 Å². The topological polar surface area (TPSA) is 43.1 Å². The van der Waals surface area contributed by atoms with Gasteiger partial charge in [0.05, 0.1) is 0 Å². The minimum atomic E-state index is -0.289. The molecule has 0 unspecified atom stereocenters. The van der Waals surface area contributed by atoms with Crippen LogP contribution in [-0.2, 0) is 6.42 Å². The van der Waals surface area contributed by atoms with E-state index < -0.39 is 0 Å². The first-order valence-corrected chi connectivity index (χ1v) is 4.87. The highest BCUT2D eigenvalue weighted by Gasteiger charge is 2.10. The van der Waals surface area contributed by atoms with Gasteiger partial charge in [0.25, 0.3) is 0 Å². The van der Waals surface area contributed by atoms with Gasteiger partial charge in [-0.25, -0.2) is 4.39 Å². The number of nitrogens with zero attached hydrogens (tertiary/aromatic N) is 1. The minimum absolute atomic E-state index is 0.163. The van der Waals surface area contributed by atoms with Gasteiger partial charge in [0.2, 0.25) is 0 Å². The number of halogens is 1. The predicted molar refractivity (Wildman–Crippen MR) is 55.7 cm³/mol. The molecule has 0 saturated heterocycles. The Morgan fingerprint density at radius 1 is 1.44 bits per heavy atom. The van der Waals surface area contributed by atoms with Crippen molar-refractivity contribution in [1.82, 2.24) is 5.16 Å². The Morgan fingerprint density at radius 3 is 2.81 bits per heavy atom. The quantitative estimate of drug-likeness (QED) is 0.745. The number of ketones is 1. The van der Waals surface area contributed by atoms with E-state index in [9.17, 15) is 9.18 Å². The molecule has 0 bridgehead atoms. The summed E-state index contributed by atoms with van der Waals surface area (Å²) in [4.78, 5) is 11.0. The molecule has 0 amide bonds. The molecule has 4 heteroatoms. The van der Waals surface area contributed by atoms with Gasteiger partial charge in [-0.2, -0.15) is 0 Å². The molecule has 0 aliphatic rings. The average Bonchev–Trinajstić information content (AvgIpc) is 2.70. The van der Waals surface area contributed by atoms with E-state index in [4.69, 9.17) is 4.52 Å². The molecular weight excluding hydrogens is 209 g/mol. The van der Waals surface area contributed by atoms with Gasteiger partial charge in [0, 0.05) is 19.4 Å². The van der Waals surface area contributed by atoms with Crippen LogP contribution in [0.15, 0.2) is 34.9 Å². The van der Waals surface area contributed by atoms with Crippen LogP contribution in [0.5, 0.6) is 0 Å². The SMILES string of the molecule is CC(=O)c1cc(Cc2ccccc2F)on1. The maximum atomic E-state index is 13.3. The molecule has 0 aliphatic carbocycles. The van der Waals surface area contributed by atoms with E-state index in [0.717, 1.165) is 0 Å². The molecule has 82 valence electrons. The van der Waals surface area contributed by atoms with Crippen molar-refractivity contribution in [3.8, 4) is 0 Å². The van der Waals surface area contributed by atoms with Crippen LogP contribution in [0.1, 0.15) is 28.7 Å². The lowest BCUT2D eigenvalue weighted by Gasteiger charge is -1.98. The Labute approximate surface area is 91.9 Å². The second-order valence-corrected chi connectivity index (χ2v) is 3.50. The second-order valence-electron chi connectivity index (χ2n) is 3.50. The number of hydrogen-bond acceptors (Lipinski definition) is 3. The standard InChI is InChI=1S/C12H10FNO2/c1-8(15)12-7-10(16-14-12)6-9-4-2-3-5-11(9)13/h2-5,7H,6H2,1H3. The summed E-state index contributed by atoms with van der Waals surface area (Å²) in [5, 5.41) is 3.59.